The maximum Gasteiger partial charge on any atom is 0.280 e. The number of nitrogens with two attached hydrogens (primary N) is 2. The van der Waals surface area contributed by atoms with Gasteiger partial charge in [-0.25, -0.2) is 8.78 Å². The number of nitrogen functional groups attached to an aromatic ring is 2. The summed E-state index contributed by atoms with van der Waals surface area (Å²) in [5.74, 6) is -3.16. The minimum atomic E-state index is -0.920. The summed E-state index contributed by atoms with van der Waals surface area (Å²) in [5.41, 5.74) is 9.63. The Morgan fingerprint density at radius 3 is 2.38 bits per heavy atom. The van der Waals surface area contributed by atoms with E-state index < -0.39 is 23.1 Å². The van der Waals surface area contributed by atoms with Crippen molar-refractivity contribution in [2.24, 2.45) is 7.05 Å². The predicted molar refractivity (Wildman–Crippen MR) is 72.6 cm³/mol. The summed E-state index contributed by atoms with van der Waals surface area (Å²) in [4.78, 5) is 27.5. The molecule has 2 aromatic rings. The monoisotopic (exact) mass is 295 g/mol. The highest BCUT2D eigenvalue weighted by Gasteiger charge is 2.16. The van der Waals surface area contributed by atoms with Crippen LogP contribution in [0.2, 0.25) is 0 Å². The summed E-state index contributed by atoms with van der Waals surface area (Å²) in [6.07, 6.45) is 0. The molecule has 0 saturated carbocycles. The van der Waals surface area contributed by atoms with E-state index in [1.165, 1.54) is 7.05 Å². The van der Waals surface area contributed by atoms with Crippen LogP contribution in [0.4, 0.5) is 26.2 Å². The second-order valence-corrected chi connectivity index (χ2v) is 4.21. The molecule has 110 valence electrons. The zero-order chi connectivity index (χ0) is 15.7. The van der Waals surface area contributed by atoms with Gasteiger partial charge in [0.1, 0.15) is 11.6 Å². The first kappa shape index (κ1) is 14.4. The number of carbonyl (C=O) groups excluding carboxylic acids is 1. The molecule has 0 fully saturated rings. The van der Waals surface area contributed by atoms with Gasteiger partial charge in [-0.3, -0.25) is 14.2 Å². The molecule has 0 bridgehead atoms. The lowest BCUT2D eigenvalue weighted by atomic mass is 10.2. The van der Waals surface area contributed by atoms with Crippen LogP contribution in [-0.2, 0) is 7.05 Å². The third-order valence-electron chi connectivity index (χ3n) is 2.72. The van der Waals surface area contributed by atoms with Crippen molar-refractivity contribution in [3.63, 3.8) is 0 Å². The number of benzene rings is 1. The fraction of sp³-hybridized carbons (Fsp3) is 0.0833. The third-order valence-corrected chi connectivity index (χ3v) is 2.72. The zero-order valence-corrected chi connectivity index (χ0v) is 10.9. The van der Waals surface area contributed by atoms with Gasteiger partial charge >= 0.3 is 0 Å². The summed E-state index contributed by atoms with van der Waals surface area (Å²) < 4.78 is 27.1. The van der Waals surface area contributed by atoms with Crippen molar-refractivity contribution in [3.8, 4) is 0 Å². The van der Waals surface area contributed by atoms with Crippen LogP contribution < -0.4 is 22.3 Å². The summed E-state index contributed by atoms with van der Waals surface area (Å²) >= 11 is 0. The van der Waals surface area contributed by atoms with E-state index in [0.717, 1.165) is 16.7 Å². The highest BCUT2D eigenvalue weighted by Crippen LogP contribution is 2.14. The number of anilines is 3. The molecular formula is C12H11F2N5O2. The first-order valence-corrected chi connectivity index (χ1v) is 5.69. The number of aromatic nitrogens is 2. The molecular weight excluding hydrogens is 284 g/mol. The van der Waals surface area contributed by atoms with Gasteiger partial charge in [-0.15, -0.1) is 0 Å². The lowest BCUT2D eigenvalue weighted by molar-refractivity contribution is 0.102. The number of nitrogens with one attached hydrogen (secondary N) is 1. The second-order valence-electron chi connectivity index (χ2n) is 4.21. The van der Waals surface area contributed by atoms with E-state index in [9.17, 15) is 18.4 Å². The zero-order valence-electron chi connectivity index (χ0n) is 10.9. The molecule has 1 aromatic carbocycles. The Bertz CT molecular complexity index is 768. The van der Waals surface area contributed by atoms with Crippen LogP contribution in [0.5, 0.6) is 0 Å². The molecule has 0 atom stereocenters. The minimum Gasteiger partial charge on any atom is -0.382 e. The Labute approximate surface area is 117 Å². The number of amides is 1. The molecule has 0 aliphatic carbocycles. The van der Waals surface area contributed by atoms with E-state index >= 15 is 0 Å². The Morgan fingerprint density at radius 2 is 1.81 bits per heavy atom. The standard InChI is InChI=1S/C12H11F2N5O2/c1-19-11(21)8(9(15)18-12(19)16)17-10(20)5-2-6(13)4-7(14)3-5/h2-4H,15H2,1H3,(H2,16,18)(H,17,20). The average Bonchev–Trinajstić information content (AvgIpc) is 2.40. The van der Waals surface area contributed by atoms with E-state index in [2.05, 4.69) is 10.3 Å². The van der Waals surface area contributed by atoms with Crippen LogP contribution in [0, 0.1) is 11.6 Å². The van der Waals surface area contributed by atoms with Gasteiger partial charge in [0.15, 0.2) is 11.5 Å². The molecule has 0 aliphatic rings. The molecule has 9 heteroatoms. The summed E-state index contributed by atoms with van der Waals surface area (Å²) in [7, 11) is 1.33. The van der Waals surface area contributed by atoms with E-state index in [1.807, 2.05) is 0 Å². The van der Waals surface area contributed by atoms with E-state index in [4.69, 9.17) is 11.5 Å². The lowest BCUT2D eigenvalue weighted by Gasteiger charge is -2.10. The first-order chi connectivity index (χ1) is 9.79. The van der Waals surface area contributed by atoms with E-state index in [-0.39, 0.29) is 23.0 Å². The molecule has 0 radical (unpaired) electrons. The number of halogens is 2. The number of carbonyl (C=O) groups is 1. The van der Waals surface area contributed by atoms with Crippen LogP contribution in [0.25, 0.3) is 0 Å². The number of rotatable bonds is 2. The summed E-state index contributed by atoms with van der Waals surface area (Å²) in [6, 6.07) is 2.27. The average molecular weight is 295 g/mol. The van der Waals surface area contributed by atoms with E-state index in [0.29, 0.717) is 6.07 Å². The minimum absolute atomic E-state index is 0.132. The normalized spacial score (nSPS) is 10.4. The van der Waals surface area contributed by atoms with Crippen LogP contribution >= 0.6 is 0 Å². The van der Waals surface area contributed by atoms with Gasteiger partial charge in [0, 0.05) is 18.7 Å². The SMILES string of the molecule is Cn1c(N)nc(N)c(NC(=O)c2cc(F)cc(F)c2)c1=O. The molecule has 21 heavy (non-hydrogen) atoms. The molecule has 0 spiro atoms. The quantitative estimate of drug-likeness (QED) is 0.745. The number of nitrogens with zero attached hydrogens (tertiary/aromatic N) is 2. The van der Waals surface area contributed by atoms with Crippen molar-refractivity contribution < 1.29 is 13.6 Å². The molecule has 1 amide bonds. The fourth-order valence-corrected chi connectivity index (χ4v) is 1.62. The molecule has 0 saturated heterocycles. The molecule has 5 N–H and O–H groups in total. The Balaban J connectivity index is 2.41. The van der Waals surface area contributed by atoms with Gasteiger partial charge in [0.25, 0.3) is 11.5 Å². The molecule has 2 rings (SSSR count). The Hall–Kier alpha value is -2.97. The van der Waals surface area contributed by atoms with Crippen molar-refractivity contribution in [2.45, 2.75) is 0 Å². The predicted octanol–water partition coefficient (Wildman–Crippen LogP) is 0.475. The highest BCUT2D eigenvalue weighted by molar-refractivity contribution is 6.05. The highest BCUT2D eigenvalue weighted by atomic mass is 19.1. The van der Waals surface area contributed by atoms with Crippen LogP contribution in [0.15, 0.2) is 23.0 Å². The maximum atomic E-state index is 13.1. The molecule has 1 aromatic heterocycles. The van der Waals surface area contributed by atoms with Crippen molar-refractivity contribution >= 4 is 23.4 Å². The van der Waals surface area contributed by atoms with Gasteiger partial charge in [-0.1, -0.05) is 0 Å². The van der Waals surface area contributed by atoms with Gasteiger partial charge in [0.05, 0.1) is 0 Å². The van der Waals surface area contributed by atoms with Crippen LogP contribution in [0.1, 0.15) is 10.4 Å². The Kier molecular flexibility index (Phi) is 3.57. The second kappa shape index (κ2) is 5.19. The maximum absolute atomic E-state index is 13.1. The first-order valence-electron chi connectivity index (χ1n) is 5.69. The van der Waals surface area contributed by atoms with Crippen LogP contribution in [-0.4, -0.2) is 15.5 Å². The van der Waals surface area contributed by atoms with Gasteiger partial charge in [-0.2, -0.15) is 4.98 Å². The topological polar surface area (TPSA) is 116 Å². The van der Waals surface area contributed by atoms with Crippen molar-refractivity contribution in [1.29, 1.82) is 0 Å². The van der Waals surface area contributed by atoms with Gasteiger partial charge in [-0.05, 0) is 12.1 Å². The largest absolute Gasteiger partial charge is 0.382 e. The Morgan fingerprint density at radius 1 is 1.24 bits per heavy atom. The van der Waals surface area contributed by atoms with Gasteiger partial charge < -0.3 is 16.8 Å². The van der Waals surface area contributed by atoms with Gasteiger partial charge in [0.2, 0.25) is 5.95 Å². The molecule has 7 nitrogen and oxygen atoms in total. The smallest absolute Gasteiger partial charge is 0.280 e. The van der Waals surface area contributed by atoms with Crippen molar-refractivity contribution in [1.82, 2.24) is 9.55 Å². The summed E-state index contributed by atoms with van der Waals surface area (Å²) in [5, 5.41) is 2.17. The molecule has 0 aliphatic heterocycles. The number of hydrogen-bond donors (Lipinski definition) is 3. The van der Waals surface area contributed by atoms with E-state index in [1.54, 1.807) is 0 Å². The number of hydrogen-bond acceptors (Lipinski definition) is 5. The molecule has 1 heterocycles. The van der Waals surface area contributed by atoms with Crippen LogP contribution in [0.3, 0.4) is 0 Å². The van der Waals surface area contributed by atoms with Crippen molar-refractivity contribution in [2.75, 3.05) is 16.8 Å². The fourth-order valence-electron chi connectivity index (χ4n) is 1.62. The molecule has 0 unspecified atom stereocenters. The third kappa shape index (κ3) is 2.81. The summed E-state index contributed by atoms with van der Waals surface area (Å²) in [6.45, 7) is 0. The van der Waals surface area contributed by atoms with Crippen molar-refractivity contribution in [3.05, 3.63) is 45.8 Å². The lowest BCUT2D eigenvalue weighted by Crippen LogP contribution is -2.28.